The summed E-state index contributed by atoms with van der Waals surface area (Å²) in [5, 5.41) is 0. The van der Waals surface area contributed by atoms with Crippen LogP contribution in [0.4, 0.5) is 0 Å². The van der Waals surface area contributed by atoms with Gasteiger partial charge >= 0.3 is 0 Å². The molecule has 20 heavy (non-hydrogen) atoms. The van der Waals surface area contributed by atoms with Gasteiger partial charge in [-0.25, -0.2) is 0 Å². The van der Waals surface area contributed by atoms with Gasteiger partial charge in [0, 0.05) is 0 Å². The van der Waals surface area contributed by atoms with Gasteiger partial charge in [-0.2, -0.15) is 0 Å². The summed E-state index contributed by atoms with van der Waals surface area (Å²) in [4.78, 5) is 0. The van der Waals surface area contributed by atoms with Crippen molar-refractivity contribution in [3.05, 3.63) is 46.6 Å². The van der Waals surface area contributed by atoms with Crippen molar-refractivity contribution in [1.29, 1.82) is 0 Å². The van der Waals surface area contributed by atoms with Crippen LogP contribution in [0.3, 0.4) is 0 Å². The molecule has 0 radical (unpaired) electrons. The van der Waals surface area contributed by atoms with Gasteiger partial charge < -0.3 is 0 Å². The van der Waals surface area contributed by atoms with Crippen LogP contribution in [0.5, 0.6) is 0 Å². The number of allylic oxidation sites excluding steroid dienone is 8. The Morgan fingerprint density at radius 2 is 1.35 bits per heavy atom. The molecule has 2 aliphatic rings. The average molecular weight is 272 g/mol. The lowest BCUT2D eigenvalue weighted by Crippen LogP contribution is -1.97. The van der Waals surface area contributed by atoms with Crippen molar-refractivity contribution < 1.29 is 0 Å². The van der Waals surface area contributed by atoms with Gasteiger partial charge in [0.25, 0.3) is 0 Å². The van der Waals surface area contributed by atoms with Crippen LogP contribution in [-0.2, 0) is 0 Å². The predicted molar refractivity (Wildman–Crippen MR) is 91.8 cm³/mol. The van der Waals surface area contributed by atoms with E-state index in [4.69, 9.17) is 0 Å². The van der Waals surface area contributed by atoms with E-state index in [9.17, 15) is 0 Å². The van der Waals surface area contributed by atoms with E-state index in [1.165, 1.54) is 36.8 Å². The minimum atomic E-state index is 0.740. The van der Waals surface area contributed by atoms with Gasteiger partial charge in [-0.3, -0.25) is 0 Å². The third-order valence-electron chi connectivity index (χ3n) is 4.25. The quantitative estimate of drug-likeness (QED) is 0.496. The normalized spacial score (nSPS) is 18.8. The van der Waals surface area contributed by atoms with Crippen molar-refractivity contribution in [3.63, 3.8) is 0 Å². The van der Waals surface area contributed by atoms with Crippen LogP contribution in [0.15, 0.2) is 46.6 Å². The summed E-state index contributed by atoms with van der Waals surface area (Å²) >= 11 is 0. The molecule has 0 bridgehead atoms. The highest BCUT2D eigenvalue weighted by Gasteiger charge is 2.06. The first-order valence-corrected chi connectivity index (χ1v) is 8.11. The van der Waals surface area contributed by atoms with Gasteiger partial charge in [-0.15, -0.1) is 0 Å². The van der Waals surface area contributed by atoms with E-state index in [1.807, 2.05) is 0 Å². The summed E-state index contributed by atoms with van der Waals surface area (Å²) in [5.74, 6) is 1.48. The van der Waals surface area contributed by atoms with Gasteiger partial charge in [-0.05, 0) is 51.4 Å². The van der Waals surface area contributed by atoms with Gasteiger partial charge in [0.15, 0.2) is 0 Å². The molecule has 0 spiro atoms. The summed E-state index contributed by atoms with van der Waals surface area (Å²) in [6.45, 7) is 13.5. The Morgan fingerprint density at radius 3 is 1.75 bits per heavy atom. The summed E-state index contributed by atoms with van der Waals surface area (Å²) in [6, 6.07) is 0. The van der Waals surface area contributed by atoms with Gasteiger partial charge in [0.05, 0.1) is 0 Å². The first-order chi connectivity index (χ1) is 9.40. The highest BCUT2D eigenvalue weighted by atomic mass is 14.1. The van der Waals surface area contributed by atoms with Crippen LogP contribution in [0.1, 0.15) is 67.2 Å². The molecule has 0 unspecified atom stereocenters. The molecule has 0 heterocycles. The second-order valence-electron chi connectivity index (χ2n) is 6.80. The van der Waals surface area contributed by atoms with Crippen LogP contribution in [0.25, 0.3) is 0 Å². The fraction of sp³-hybridized carbons (Fsp3) is 0.600. The molecular weight excluding hydrogens is 240 g/mol. The van der Waals surface area contributed by atoms with E-state index in [2.05, 4.69) is 65.8 Å². The molecule has 0 aromatic carbocycles. The Balaban J connectivity index is 0.000000200. The molecule has 0 nitrogen and oxygen atoms in total. The van der Waals surface area contributed by atoms with Crippen molar-refractivity contribution in [2.24, 2.45) is 11.8 Å². The molecule has 0 aliphatic heterocycles. The molecule has 0 amide bonds. The molecule has 2 rings (SSSR count). The smallest absolute Gasteiger partial charge is 0.0133 e. The standard InChI is InChI=1S/2C10H16/c2*1-8(2)10-6-4-9(3)5-7-10/h4,7-8H,5-6H2,1-3H3;4,6,8H,5,7H2,1-3H3. The van der Waals surface area contributed by atoms with E-state index in [0.29, 0.717) is 0 Å². The molecule has 2 aliphatic carbocycles. The SMILES string of the molecule is CC1=CC=C(C(C)C)CC1.CC1=CCC(C(C)C)=CC1. The summed E-state index contributed by atoms with van der Waals surface area (Å²) in [5.41, 5.74) is 6.24. The second kappa shape index (κ2) is 8.29. The summed E-state index contributed by atoms with van der Waals surface area (Å²) in [7, 11) is 0. The fourth-order valence-corrected chi connectivity index (χ4v) is 2.46. The first kappa shape index (κ1) is 17.0. The Morgan fingerprint density at radius 1 is 0.700 bits per heavy atom. The van der Waals surface area contributed by atoms with Crippen LogP contribution >= 0.6 is 0 Å². The zero-order chi connectivity index (χ0) is 15.1. The van der Waals surface area contributed by atoms with E-state index < -0.39 is 0 Å². The Kier molecular flexibility index (Phi) is 7.05. The third kappa shape index (κ3) is 5.94. The molecule has 0 heteroatoms. The summed E-state index contributed by atoms with van der Waals surface area (Å²) < 4.78 is 0. The number of rotatable bonds is 2. The van der Waals surface area contributed by atoms with E-state index in [-0.39, 0.29) is 0 Å². The van der Waals surface area contributed by atoms with Crippen LogP contribution in [0.2, 0.25) is 0 Å². The molecule has 0 atom stereocenters. The summed E-state index contributed by atoms with van der Waals surface area (Å²) in [6.07, 6.45) is 14.2. The van der Waals surface area contributed by atoms with Crippen LogP contribution in [-0.4, -0.2) is 0 Å². The molecule has 0 saturated heterocycles. The highest BCUT2D eigenvalue weighted by Crippen LogP contribution is 2.23. The van der Waals surface area contributed by atoms with Crippen molar-refractivity contribution in [2.45, 2.75) is 67.2 Å². The first-order valence-electron chi connectivity index (χ1n) is 8.11. The minimum Gasteiger partial charge on any atom is -0.0812 e. The van der Waals surface area contributed by atoms with Gasteiger partial charge in [0.2, 0.25) is 0 Å². The average Bonchev–Trinajstić information content (AvgIpc) is 2.40. The molecule has 112 valence electrons. The molecule has 0 aromatic heterocycles. The van der Waals surface area contributed by atoms with Gasteiger partial charge in [0.1, 0.15) is 0 Å². The van der Waals surface area contributed by atoms with Crippen molar-refractivity contribution in [2.75, 3.05) is 0 Å². The Bertz CT molecular complexity index is 425. The van der Waals surface area contributed by atoms with Crippen molar-refractivity contribution in [1.82, 2.24) is 0 Å². The maximum absolute atomic E-state index is 2.38. The molecule has 0 aromatic rings. The zero-order valence-corrected chi connectivity index (χ0v) is 14.3. The van der Waals surface area contributed by atoms with Crippen LogP contribution < -0.4 is 0 Å². The Labute approximate surface area is 126 Å². The lowest BCUT2D eigenvalue weighted by Gasteiger charge is -2.14. The largest absolute Gasteiger partial charge is 0.0812 e. The topological polar surface area (TPSA) is 0 Å². The highest BCUT2D eigenvalue weighted by molar-refractivity contribution is 5.23. The zero-order valence-electron chi connectivity index (χ0n) is 14.3. The van der Waals surface area contributed by atoms with Crippen molar-refractivity contribution >= 4 is 0 Å². The Hall–Kier alpha value is -1.04. The third-order valence-corrected chi connectivity index (χ3v) is 4.25. The van der Waals surface area contributed by atoms with E-state index >= 15 is 0 Å². The predicted octanol–water partition coefficient (Wildman–Crippen LogP) is 6.62. The fourth-order valence-electron chi connectivity index (χ4n) is 2.46. The monoisotopic (exact) mass is 272 g/mol. The lowest BCUT2D eigenvalue weighted by atomic mass is 9.92. The van der Waals surface area contributed by atoms with Gasteiger partial charge in [-0.1, -0.05) is 74.3 Å². The minimum absolute atomic E-state index is 0.740. The van der Waals surface area contributed by atoms with E-state index in [1.54, 1.807) is 11.1 Å². The van der Waals surface area contributed by atoms with E-state index in [0.717, 1.165) is 11.8 Å². The van der Waals surface area contributed by atoms with Crippen molar-refractivity contribution in [3.8, 4) is 0 Å². The number of hydrogen-bond donors (Lipinski definition) is 0. The molecular formula is C20H32. The molecule has 0 fully saturated rings. The maximum atomic E-state index is 2.38. The number of hydrogen-bond acceptors (Lipinski definition) is 0. The second-order valence-corrected chi connectivity index (χ2v) is 6.80. The molecule has 0 saturated carbocycles. The molecule has 0 N–H and O–H groups in total. The van der Waals surface area contributed by atoms with Crippen LogP contribution in [0, 0.1) is 11.8 Å². The maximum Gasteiger partial charge on any atom is -0.0133 e. The lowest BCUT2D eigenvalue weighted by molar-refractivity contribution is 0.700.